The highest BCUT2D eigenvalue weighted by molar-refractivity contribution is 8.68. The van der Waals surface area contributed by atoms with Crippen LogP contribution in [0.15, 0.2) is 0 Å². The second kappa shape index (κ2) is 10.00. The van der Waals surface area contributed by atoms with Crippen molar-refractivity contribution in [1.82, 2.24) is 0 Å². The second-order valence-corrected chi connectivity index (χ2v) is 5.96. The van der Waals surface area contributed by atoms with Crippen molar-refractivity contribution in [3.8, 4) is 0 Å². The van der Waals surface area contributed by atoms with E-state index >= 15 is 0 Å². The van der Waals surface area contributed by atoms with E-state index in [2.05, 4.69) is 16.2 Å². The Morgan fingerprint density at radius 2 is 1.60 bits per heavy atom. The third-order valence-electron chi connectivity index (χ3n) is 1.89. The summed E-state index contributed by atoms with van der Waals surface area (Å²) >= 11 is 4.04. The van der Waals surface area contributed by atoms with Gasteiger partial charge >= 0.3 is 7.82 Å². The second-order valence-electron chi connectivity index (χ2n) is 3.28. The van der Waals surface area contributed by atoms with Gasteiger partial charge in [-0.1, -0.05) is 36.5 Å². The Morgan fingerprint density at radius 3 is 2.13 bits per heavy atom. The maximum absolute atomic E-state index is 10.3. The highest BCUT2D eigenvalue weighted by Crippen LogP contribution is 2.35. The molecule has 0 bridgehead atoms. The molecule has 0 saturated heterocycles. The highest BCUT2D eigenvalue weighted by atomic mass is 33.1. The molecule has 92 valence electrons. The van der Waals surface area contributed by atoms with Crippen LogP contribution < -0.4 is 0 Å². The van der Waals surface area contributed by atoms with Crippen LogP contribution in [0.4, 0.5) is 0 Å². The quantitative estimate of drug-likeness (QED) is 0.247. The fourth-order valence-electron chi connectivity index (χ4n) is 1.16. The zero-order valence-corrected chi connectivity index (χ0v) is 11.3. The van der Waals surface area contributed by atoms with E-state index in [0.29, 0.717) is 6.42 Å². The first-order valence-electron chi connectivity index (χ1n) is 5.03. The summed E-state index contributed by atoms with van der Waals surface area (Å²) in [5.41, 5.74) is 0. The maximum Gasteiger partial charge on any atom is 0.469 e. The molecule has 0 aromatic rings. The molecule has 15 heavy (non-hydrogen) atoms. The van der Waals surface area contributed by atoms with Gasteiger partial charge in [-0.3, -0.25) is 4.52 Å². The first kappa shape index (κ1) is 15.8. The molecule has 0 unspecified atom stereocenters. The molecule has 2 N–H and O–H groups in total. The van der Waals surface area contributed by atoms with E-state index < -0.39 is 7.82 Å². The molecule has 0 amide bonds. The van der Waals surface area contributed by atoms with Gasteiger partial charge in [-0.25, -0.2) is 4.57 Å². The number of phosphoric acid groups is 1. The number of thiol groups is 1. The van der Waals surface area contributed by atoms with E-state index in [1.54, 1.807) is 10.8 Å². The molecule has 0 saturated carbocycles. The van der Waals surface area contributed by atoms with Gasteiger partial charge in [-0.15, -0.1) is 11.7 Å². The SMILES string of the molecule is O=P(O)(O)OCCCCCCCCSS. The minimum absolute atomic E-state index is 0.150. The summed E-state index contributed by atoms with van der Waals surface area (Å²) in [5.74, 6) is 1.09. The summed E-state index contributed by atoms with van der Waals surface area (Å²) in [6.07, 6.45) is 6.34. The van der Waals surface area contributed by atoms with Gasteiger partial charge in [-0.2, -0.15) is 0 Å². The van der Waals surface area contributed by atoms with Crippen LogP contribution in [0.1, 0.15) is 38.5 Å². The molecule has 0 rings (SSSR count). The molecule has 0 aromatic heterocycles. The van der Waals surface area contributed by atoms with Crippen molar-refractivity contribution in [1.29, 1.82) is 0 Å². The molecule has 4 nitrogen and oxygen atoms in total. The highest BCUT2D eigenvalue weighted by Gasteiger charge is 2.12. The van der Waals surface area contributed by atoms with Gasteiger partial charge in [0.25, 0.3) is 0 Å². The molecule has 0 radical (unpaired) electrons. The van der Waals surface area contributed by atoms with Crippen molar-refractivity contribution in [2.75, 3.05) is 12.4 Å². The van der Waals surface area contributed by atoms with E-state index in [4.69, 9.17) is 9.79 Å². The van der Waals surface area contributed by atoms with Crippen LogP contribution in [-0.2, 0) is 9.09 Å². The molecule has 0 aliphatic carbocycles. The Morgan fingerprint density at radius 1 is 1.07 bits per heavy atom. The largest absolute Gasteiger partial charge is 0.469 e. The first-order chi connectivity index (χ1) is 7.06. The summed E-state index contributed by atoms with van der Waals surface area (Å²) in [6, 6.07) is 0. The van der Waals surface area contributed by atoms with Gasteiger partial charge in [-0.05, 0) is 12.8 Å². The number of hydrogen-bond acceptors (Lipinski definition) is 4. The summed E-state index contributed by atoms with van der Waals surface area (Å²) in [6.45, 7) is 0.150. The summed E-state index contributed by atoms with van der Waals surface area (Å²) in [7, 11) is -2.68. The van der Waals surface area contributed by atoms with E-state index in [9.17, 15) is 4.57 Å². The van der Waals surface area contributed by atoms with Crippen LogP contribution in [0.3, 0.4) is 0 Å². The fraction of sp³-hybridized carbons (Fsp3) is 1.00. The molecule has 0 aliphatic heterocycles. The summed E-state index contributed by atoms with van der Waals surface area (Å²) in [5, 5.41) is 0. The van der Waals surface area contributed by atoms with Crippen molar-refractivity contribution in [2.24, 2.45) is 0 Å². The Kier molecular flexibility index (Phi) is 10.5. The van der Waals surface area contributed by atoms with Crippen molar-refractivity contribution < 1.29 is 18.9 Å². The monoisotopic (exact) mass is 274 g/mol. The Labute approximate surface area is 100 Å². The molecule has 0 heterocycles. The predicted octanol–water partition coefficient (Wildman–Crippen LogP) is 3.01. The van der Waals surface area contributed by atoms with E-state index in [1.165, 1.54) is 19.3 Å². The molecule has 0 spiro atoms. The number of unbranched alkanes of at least 4 members (excludes halogenated alkanes) is 5. The van der Waals surface area contributed by atoms with Crippen LogP contribution in [0.5, 0.6) is 0 Å². The van der Waals surface area contributed by atoms with Crippen molar-refractivity contribution >= 4 is 30.3 Å². The lowest BCUT2D eigenvalue weighted by Gasteiger charge is -2.04. The van der Waals surface area contributed by atoms with E-state index in [0.717, 1.165) is 18.6 Å². The van der Waals surface area contributed by atoms with Gasteiger partial charge in [0.2, 0.25) is 0 Å². The van der Waals surface area contributed by atoms with Crippen molar-refractivity contribution in [3.63, 3.8) is 0 Å². The fourth-order valence-corrected chi connectivity index (χ4v) is 2.25. The molecular weight excluding hydrogens is 255 g/mol. The zero-order chi connectivity index (χ0) is 11.6. The predicted molar refractivity (Wildman–Crippen MR) is 67.1 cm³/mol. The lowest BCUT2D eigenvalue weighted by Crippen LogP contribution is -1.92. The summed E-state index contributed by atoms with van der Waals surface area (Å²) < 4.78 is 14.6. The molecule has 0 atom stereocenters. The number of phosphoric ester groups is 1. The molecule has 0 fully saturated rings. The van der Waals surface area contributed by atoms with Crippen LogP contribution in [-0.4, -0.2) is 22.1 Å². The zero-order valence-electron chi connectivity index (χ0n) is 8.67. The molecule has 0 aliphatic rings. The Hall–Kier alpha value is 0.810. The topological polar surface area (TPSA) is 66.8 Å². The van der Waals surface area contributed by atoms with Crippen LogP contribution in [0.25, 0.3) is 0 Å². The van der Waals surface area contributed by atoms with Crippen LogP contribution in [0.2, 0.25) is 0 Å². The first-order valence-corrected chi connectivity index (χ1v) is 8.59. The van der Waals surface area contributed by atoms with E-state index in [-0.39, 0.29) is 6.61 Å². The third kappa shape index (κ3) is 14.8. The smallest absolute Gasteiger partial charge is 0.303 e. The maximum atomic E-state index is 10.3. The van der Waals surface area contributed by atoms with Crippen molar-refractivity contribution in [2.45, 2.75) is 38.5 Å². The van der Waals surface area contributed by atoms with Crippen molar-refractivity contribution in [3.05, 3.63) is 0 Å². The van der Waals surface area contributed by atoms with E-state index in [1.807, 2.05) is 0 Å². The average molecular weight is 274 g/mol. The van der Waals surface area contributed by atoms with Gasteiger partial charge in [0.05, 0.1) is 6.61 Å². The normalized spacial score (nSPS) is 11.9. The van der Waals surface area contributed by atoms with Crippen LogP contribution >= 0.6 is 30.3 Å². The van der Waals surface area contributed by atoms with Gasteiger partial charge in [0.1, 0.15) is 0 Å². The Balaban J connectivity index is 3.02. The lowest BCUT2D eigenvalue weighted by molar-refractivity contribution is 0.193. The standard InChI is InChI=1S/C8H19O4PS2/c9-13(10,11)12-7-5-3-1-2-4-6-8-15-14/h14H,1-8H2,(H2,9,10,11). The molecular formula is C8H19O4PS2. The van der Waals surface area contributed by atoms with Gasteiger partial charge in [0, 0.05) is 5.75 Å². The molecule has 0 aromatic carbocycles. The van der Waals surface area contributed by atoms with Crippen LogP contribution in [0, 0.1) is 0 Å². The average Bonchev–Trinajstić information content (AvgIpc) is 2.14. The minimum Gasteiger partial charge on any atom is -0.303 e. The Bertz CT molecular complexity index is 185. The summed E-state index contributed by atoms with van der Waals surface area (Å²) in [4.78, 5) is 16.8. The number of hydrogen-bond donors (Lipinski definition) is 3. The minimum atomic E-state index is -4.25. The van der Waals surface area contributed by atoms with Gasteiger partial charge in [0.15, 0.2) is 0 Å². The lowest BCUT2D eigenvalue weighted by atomic mass is 10.1. The van der Waals surface area contributed by atoms with Gasteiger partial charge < -0.3 is 9.79 Å². The molecule has 7 heteroatoms. The number of rotatable bonds is 10. The third-order valence-corrected chi connectivity index (χ3v) is 3.43.